The number of esters is 1. The lowest BCUT2D eigenvalue weighted by Crippen LogP contribution is -2.41. The molecule has 1 aliphatic heterocycles. The summed E-state index contributed by atoms with van der Waals surface area (Å²) >= 11 is 16.4. The molecule has 2 aromatic carbocycles. The van der Waals surface area contributed by atoms with E-state index in [2.05, 4.69) is 20.9 Å². The van der Waals surface area contributed by atoms with Crippen LogP contribution in [0.3, 0.4) is 0 Å². The highest BCUT2D eigenvalue weighted by Crippen LogP contribution is 2.39. The van der Waals surface area contributed by atoms with Gasteiger partial charge in [0.05, 0.1) is 33.3 Å². The minimum absolute atomic E-state index is 0.0575. The molecular weight excluding hydrogens is 644 g/mol. The topological polar surface area (TPSA) is 69.9 Å². The summed E-state index contributed by atoms with van der Waals surface area (Å²) in [5.41, 5.74) is -2.23. The van der Waals surface area contributed by atoms with Crippen LogP contribution in [0.15, 0.2) is 61.9 Å². The van der Waals surface area contributed by atoms with Gasteiger partial charge in [0.2, 0.25) is 0 Å². The van der Waals surface area contributed by atoms with Gasteiger partial charge in [0.1, 0.15) is 5.75 Å². The largest absolute Gasteiger partial charge is 0.489 e. The van der Waals surface area contributed by atoms with Crippen LogP contribution in [-0.4, -0.2) is 29.4 Å². The zero-order valence-corrected chi connectivity index (χ0v) is 24.5. The fourth-order valence-corrected chi connectivity index (χ4v) is 6.03. The van der Waals surface area contributed by atoms with E-state index in [1.807, 2.05) is 13.8 Å². The van der Waals surface area contributed by atoms with Crippen molar-refractivity contribution in [3.05, 3.63) is 93.0 Å². The van der Waals surface area contributed by atoms with Crippen LogP contribution < -0.4 is 19.6 Å². The van der Waals surface area contributed by atoms with Gasteiger partial charge in [0, 0.05) is 15.6 Å². The van der Waals surface area contributed by atoms with Crippen molar-refractivity contribution in [1.82, 2.24) is 4.57 Å². The van der Waals surface area contributed by atoms with Crippen LogP contribution in [0.4, 0.5) is 13.2 Å². The molecule has 0 saturated heterocycles. The second kappa shape index (κ2) is 11.5. The Morgan fingerprint density at radius 2 is 1.87 bits per heavy atom. The van der Waals surface area contributed by atoms with Crippen molar-refractivity contribution >= 4 is 62.5 Å². The van der Waals surface area contributed by atoms with Gasteiger partial charge in [-0.25, -0.2) is 9.79 Å². The molecule has 6 nitrogen and oxygen atoms in total. The SMILES string of the molecule is CCOC(=O)C1=C(C(F)(F)F)N=c2s/c(=C\c3cc(Cl)cc(Br)c3OC(C)C)c(=O)n2[C@@H]1c1ccc(Cl)cc1. The van der Waals surface area contributed by atoms with Crippen molar-refractivity contribution in [3.63, 3.8) is 0 Å². The van der Waals surface area contributed by atoms with Crippen LogP contribution >= 0.6 is 50.5 Å². The molecule has 39 heavy (non-hydrogen) atoms. The van der Waals surface area contributed by atoms with Crippen LogP contribution in [-0.2, 0) is 9.53 Å². The van der Waals surface area contributed by atoms with Crippen molar-refractivity contribution in [2.24, 2.45) is 4.99 Å². The van der Waals surface area contributed by atoms with Crippen molar-refractivity contribution in [2.45, 2.75) is 39.1 Å². The molecule has 13 heteroatoms. The Morgan fingerprint density at radius 3 is 2.46 bits per heavy atom. The summed E-state index contributed by atoms with van der Waals surface area (Å²) < 4.78 is 55.3. The van der Waals surface area contributed by atoms with Crippen molar-refractivity contribution in [2.75, 3.05) is 6.61 Å². The molecule has 0 spiro atoms. The number of alkyl halides is 3. The molecule has 2 heterocycles. The molecule has 0 saturated carbocycles. The first-order chi connectivity index (χ1) is 18.3. The highest BCUT2D eigenvalue weighted by molar-refractivity contribution is 9.10. The molecule has 0 N–H and O–H groups in total. The number of hydrogen-bond acceptors (Lipinski definition) is 6. The van der Waals surface area contributed by atoms with Crippen molar-refractivity contribution in [1.29, 1.82) is 0 Å². The fraction of sp³-hybridized carbons (Fsp3) is 0.269. The number of rotatable bonds is 6. The minimum atomic E-state index is -5.00. The summed E-state index contributed by atoms with van der Waals surface area (Å²) in [6.45, 7) is 4.94. The smallest absolute Gasteiger partial charge is 0.434 e. The number of aromatic nitrogens is 1. The Labute approximate surface area is 243 Å². The number of halogens is 6. The number of carbonyl (C=O) groups is 1. The van der Waals surface area contributed by atoms with Crippen LogP contribution in [0.25, 0.3) is 6.08 Å². The molecule has 4 rings (SSSR count). The average molecular weight is 664 g/mol. The van der Waals surface area contributed by atoms with Gasteiger partial charge in [-0.1, -0.05) is 46.7 Å². The van der Waals surface area contributed by atoms with E-state index in [1.54, 1.807) is 12.1 Å². The van der Waals surface area contributed by atoms with Gasteiger partial charge >= 0.3 is 12.1 Å². The number of thiazole rings is 1. The van der Waals surface area contributed by atoms with Gasteiger partial charge in [-0.05, 0) is 72.6 Å². The predicted molar refractivity (Wildman–Crippen MR) is 147 cm³/mol. The van der Waals surface area contributed by atoms with Gasteiger partial charge in [-0.3, -0.25) is 9.36 Å². The lowest BCUT2D eigenvalue weighted by Gasteiger charge is -2.26. The Bertz CT molecular complexity index is 1650. The van der Waals surface area contributed by atoms with E-state index in [4.69, 9.17) is 32.7 Å². The summed E-state index contributed by atoms with van der Waals surface area (Å²) in [4.78, 5) is 30.2. The maximum Gasteiger partial charge on any atom is 0.434 e. The summed E-state index contributed by atoms with van der Waals surface area (Å²) in [6, 6.07) is 7.55. The number of ether oxygens (including phenoxy) is 2. The van der Waals surface area contributed by atoms with Gasteiger partial charge in [-0.15, -0.1) is 0 Å². The zero-order valence-electron chi connectivity index (χ0n) is 20.6. The summed E-state index contributed by atoms with van der Waals surface area (Å²) in [5.74, 6) is -0.827. The molecule has 0 aliphatic carbocycles. The molecule has 206 valence electrons. The van der Waals surface area contributed by atoms with Gasteiger partial charge in [0.15, 0.2) is 10.5 Å². The maximum atomic E-state index is 14.2. The Hall–Kier alpha value is -2.60. The standard InChI is InChI=1S/C26H20BrCl2F3N2O4S/c1-4-37-24(36)19-20(13-5-7-15(28)8-6-13)34-23(35)18(39-25(34)33-22(19)26(30,31)32)10-14-9-16(29)11-17(27)21(14)38-12(2)3/h5-12,20H,4H2,1-3H3/b18-10-/t20-/m1/s1. The normalized spacial score (nSPS) is 15.8. The highest BCUT2D eigenvalue weighted by Gasteiger charge is 2.45. The molecule has 1 atom stereocenters. The monoisotopic (exact) mass is 662 g/mol. The van der Waals surface area contributed by atoms with Crippen molar-refractivity contribution < 1.29 is 27.4 Å². The van der Waals surface area contributed by atoms with E-state index < -0.39 is 35.0 Å². The van der Waals surface area contributed by atoms with E-state index in [0.29, 0.717) is 25.8 Å². The predicted octanol–water partition coefficient (Wildman–Crippen LogP) is 6.20. The third-order valence-corrected chi connectivity index (χ3v) is 7.50. The fourth-order valence-electron chi connectivity index (χ4n) is 3.99. The number of nitrogens with zero attached hydrogens (tertiary/aromatic N) is 2. The Kier molecular flexibility index (Phi) is 8.65. The van der Waals surface area contributed by atoms with E-state index in [1.165, 1.54) is 37.3 Å². The number of benzene rings is 2. The van der Waals surface area contributed by atoms with Gasteiger partial charge in [-0.2, -0.15) is 13.2 Å². The van der Waals surface area contributed by atoms with Crippen molar-refractivity contribution in [3.8, 4) is 5.75 Å². The van der Waals surface area contributed by atoms with E-state index >= 15 is 0 Å². The molecule has 0 radical (unpaired) electrons. The molecule has 0 unspecified atom stereocenters. The summed E-state index contributed by atoms with van der Waals surface area (Å²) in [7, 11) is 0. The average Bonchev–Trinajstić information content (AvgIpc) is 3.15. The molecule has 1 aliphatic rings. The lowest BCUT2D eigenvalue weighted by molar-refractivity contribution is -0.140. The number of allylic oxidation sites excluding steroid dienone is 1. The molecule has 1 aromatic heterocycles. The first-order valence-corrected chi connectivity index (χ1v) is 13.9. The van der Waals surface area contributed by atoms with Crippen LogP contribution in [0, 0.1) is 0 Å². The van der Waals surface area contributed by atoms with Gasteiger partial charge in [0.25, 0.3) is 5.56 Å². The van der Waals surface area contributed by atoms with E-state index in [9.17, 15) is 22.8 Å². The second-order valence-corrected chi connectivity index (χ2v) is 11.3. The van der Waals surface area contributed by atoms with Crippen LogP contribution in [0.2, 0.25) is 10.0 Å². The van der Waals surface area contributed by atoms with E-state index in [0.717, 1.165) is 15.9 Å². The third kappa shape index (κ3) is 6.11. The molecule has 0 amide bonds. The molecule has 0 fully saturated rings. The van der Waals surface area contributed by atoms with Gasteiger partial charge < -0.3 is 9.47 Å². The summed E-state index contributed by atoms with van der Waals surface area (Å²) in [6.07, 6.45) is -3.75. The third-order valence-electron chi connectivity index (χ3n) is 5.46. The first kappa shape index (κ1) is 29.4. The molecule has 0 bridgehead atoms. The molecular formula is C26H20BrCl2F3N2O4S. The Balaban J connectivity index is 2.06. The maximum absolute atomic E-state index is 14.2. The van der Waals surface area contributed by atoms with Crippen LogP contribution in [0.5, 0.6) is 5.75 Å². The minimum Gasteiger partial charge on any atom is -0.489 e. The lowest BCUT2D eigenvalue weighted by atomic mass is 9.95. The number of hydrogen-bond donors (Lipinski definition) is 0. The van der Waals surface area contributed by atoms with E-state index in [-0.39, 0.29) is 27.6 Å². The molecule has 3 aromatic rings. The number of carbonyl (C=O) groups excluding carboxylic acids is 1. The number of fused-ring (bicyclic) bond motifs is 1. The highest BCUT2D eigenvalue weighted by atomic mass is 79.9. The Morgan fingerprint density at radius 1 is 1.21 bits per heavy atom. The zero-order chi connectivity index (χ0) is 28.6. The van der Waals surface area contributed by atoms with Crippen LogP contribution in [0.1, 0.15) is 37.9 Å². The summed E-state index contributed by atoms with van der Waals surface area (Å²) in [5, 5.41) is 0.674. The second-order valence-electron chi connectivity index (χ2n) is 8.59. The quantitative estimate of drug-likeness (QED) is 0.295. The first-order valence-electron chi connectivity index (χ1n) is 11.5.